The van der Waals surface area contributed by atoms with Gasteiger partial charge in [-0.25, -0.2) is 0 Å². The van der Waals surface area contributed by atoms with Crippen LogP contribution in [-0.4, -0.2) is 18.1 Å². The molecule has 2 aliphatic rings. The molecule has 0 unspecified atom stereocenters. The molecule has 2 bridgehead atoms. The van der Waals surface area contributed by atoms with Crippen LogP contribution >= 0.6 is 0 Å². The van der Waals surface area contributed by atoms with E-state index in [0.717, 1.165) is 12.1 Å². The fourth-order valence-corrected chi connectivity index (χ4v) is 4.35. The van der Waals surface area contributed by atoms with Crippen molar-refractivity contribution in [2.45, 2.75) is 46.4 Å². The number of ether oxygens (including phenoxy) is 1. The van der Waals surface area contributed by atoms with Crippen molar-refractivity contribution in [1.29, 1.82) is 0 Å². The number of Topliss-reactive ketones (excluding diaryl/α,β-unsaturated/α-hetero) is 1. The highest BCUT2D eigenvalue weighted by Crippen LogP contribution is 2.70. The van der Waals surface area contributed by atoms with Crippen LogP contribution in [0.1, 0.15) is 40.0 Å². The highest BCUT2D eigenvalue weighted by atomic mass is 19.4. The van der Waals surface area contributed by atoms with E-state index in [-0.39, 0.29) is 23.9 Å². The summed E-state index contributed by atoms with van der Waals surface area (Å²) in [6.45, 7) is 5.82. The molecular formula is C18H20F3NO3. The Kier molecular flexibility index (Phi) is 3.71. The summed E-state index contributed by atoms with van der Waals surface area (Å²) in [5, 5.41) is 2.76. The Morgan fingerprint density at radius 2 is 1.72 bits per heavy atom. The fraction of sp³-hybridized carbons (Fsp3) is 0.556. The Morgan fingerprint density at radius 1 is 1.12 bits per heavy atom. The van der Waals surface area contributed by atoms with Gasteiger partial charge in [0.05, 0.1) is 5.41 Å². The zero-order chi connectivity index (χ0) is 18.7. The number of anilines is 1. The van der Waals surface area contributed by atoms with E-state index in [1.807, 2.05) is 20.8 Å². The van der Waals surface area contributed by atoms with E-state index in [9.17, 15) is 22.8 Å². The Morgan fingerprint density at radius 3 is 2.16 bits per heavy atom. The quantitative estimate of drug-likeness (QED) is 0.879. The number of halogens is 3. The molecule has 7 heteroatoms. The normalized spacial score (nSPS) is 30.4. The molecule has 3 rings (SSSR count). The summed E-state index contributed by atoms with van der Waals surface area (Å²) in [5.74, 6) is -0.502. The highest BCUT2D eigenvalue weighted by molar-refractivity contribution is 6.04. The van der Waals surface area contributed by atoms with Crippen molar-refractivity contribution in [2.75, 3.05) is 5.32 Å². The first kappa shape index (κ1) is 17.8. The predicted molar refractivity (Wildman–Crippen MR) is 84.9 cm³/mol. The third kappa shape index (κ3) is 2.51. The van der Waals surface area contributed by atoms with Crippen LogP contribution in [-0.2, 0) is 9.59 Å². The minimum Gasteiger partial charge on any atom is -0.406 e. The average Bonchev–Trinajstić information content (AvgIpc) is 2.78. The lowest BCUT2D eigenvalue weighted by atomic mass is 9.64. The van der Waals surface area contributed by atoms with Crippen molar-refractivity contribution in [2.24, 2.45) is 16.2 Å². The topological polar surface area (TPSA) is 55.4 Å². The number of benzene rings is 1. The summed E-state index contributed by atoms with van der Waals surface area (Å²) in [5.41, 5.74) is -1.38. The van der Waals surface area contributed by atoms with Gasteiger partial charge in [0.25, 0.3) is 0 Å². The molecular weight excluding hydrogens is 335 g/mol. The maximum atomic E-state index is 12.9. The lowest BCUT2D eigenvalue weighted by Crippen LogP contribution is -2.43. The number of amides is 1. The lowest BCUT2D eigenvalue weighted by Gasteiger charge is -2.38. The third-order valence-electron chi connectivity index (χ3n) is 6.49. The van der Waals surface area contributed by atoms with Gasteiger partial charge in [0.2, 0.25) is 5.91 Å². The van der Waals surface area contributed by atoms with Crippen LogP contribution in [0.15, 0.2) is 24.3 Å². The number of ketones is 1. The van der Waals surface area contributed by atoms with Crippen LogP contribution in [0, 0.1) is 16.2 Å². The van der Waals surface area contributed by atoms with Crippen LogP contribution in [0.4, 0.5) is 18.9 Å². The molecule has 136 valence electrons. The van der Waals surface area contributed by atoms with E-state index in [1.54, 1.807) is 0 Å². The molecule has 0 radical (unpaired) electrons. The molecule has 0 aliphatic heterocycles. The Labute approximate surface area is 143 Å². The van der Waals surface area contributed by atoms with Gasteiger partial charge in [-0.3, -0.25) is 9.59 Å². The highest BCUT2D eigenvalue weighted by Gasteiger charge is 2.72. The van der Waals surface area contributed by atoms with Crippen molar-refractivity contribution in [3.63, 3.8) is 0 Å². The molecule has 0 saturated heterocycles. The lowest BCUT2D eigenvalue weighted by molar-refractivity contribution is -0.274. The summed E-state index contributed by atoms with van der Waals surface area (Å²) >= 11 is 0. The smallest absolute Gasteiger partial charge is 0.406 e. The van der Waals surface area contributed by atoms with Gasteiger partial charge in [-0.2, -0.15) is 0 Å². The van der Waals surface area contributed by atoms with E-state index in [2.05, 4.69) is 10.1 Å². The molecule has 0 heterocycles. The van der Waals surface area contributed by atoms with Gasteiger partial charge in [0, 0.05) is 17.5 Å². The molecule has 2 aliphatic carbocycles. The van der Waals surface area contributed by atoms with Crippen molar-refractivity contribution < 1.29 is 27.5 Å². The van der Waals surface area contributed by atoms with E-state index < -0.39 is 22.6 Å². The largest absolute Gasteiger partial charge is 0.573 e. The fourth-order valence-electron chi connectivity index (χ4n) is 4.35. The molecule has 0 aromatic heterocycles. The summed E-state index contributed by atoms with van der Waals surface area (Å²) < 4.78 is 40.4. The number of nitrogens with one attached hydrogen (secondary N) is 1. The van der Waals surface area contributed by atoms with Crippen LogP contribution in [0.25, 0.3) is 0 Å². The number of carbonyl (C=O) groups excluding carboxylic acids is 2. The number of hydrogen-bond acceptors (Lipinski definition) is 3. The molecule has 1 N–H and O–H groups in total. The zero-order valence-corrected chi connectivity index (χ0v) is 14.3. The van der Waals surface area contributed by atoms with Crippen molar-refractivity contribution >= 4 is 17.4 Å². The maximum absolute atomic E-state index is 12.9. The number of fused-ring (bicyclic) bond motifs is 2. The standard InChI is InChI=1S/C18H20F3NO3/c1-15(2)16(3)8-9-17(15,10-13(16)23)14(24)22-11-4-6-12(7-5-11)25-18(19,20)21/h4-7H,8-10H2,1-3H3,(H,22,24)/t16-,17-/m0/s1. The molecule has 0 spiro atoms. The van der Waals surface area contributed by atoms with Gasteiger partial charge in [0.15, 0.2) is 0 Å². The van der Waals surface area contributed by atoms with Gasteiger partial charge in [-0.15, -0.1) is 13.2 Å². The predicted octanol–water partition coefficient (Wildman–Crippen LogP) is 4.31. The molecule has 25 heavy (non-hydrogen) atoms. The second kappa shape index (κ2) is 5.22. The van der Waals surface area contributed by atoms with Crippen LogP contribution in [0.5, 0.6) is 5.75 Å². The minimum atomic E-state index is -4.76. The van der Waals surface area contributed by atoms with E-state index >= 15 is 0 Å². The number of alkyl halides is 3. The first-order valence-corrected chi connectivity index (χ1v) is 8.12. The molecule has 2 saturated carbocycles. The second-order valence-corrected chi connectivity index (χ2v) is 7.67. The van der Waals surface area contributed by atoms with Crippen molar-refractivity contribution in [3.05, 3.63) is 24.3 Å². The Hall–Kier alpha value is -2.05. The summed E-state index contributed by atoms with van der Waals surface area (Å²) in [7, 11) is 0. The second-order valence-electron chi connectivity index (χ2n) is 7.67. The molecule has 1 amide bonds. The van der Waals surface area contributed by atoms with Crippen LogP contribution < -0.4 is 10.1 Å². The van der Waals surface area contributed by atoms with Gasteiger partial charge < -0.3 is 10.1 Å². The minimum absolute atomic E-state index is 0.104. The Bertz CT molecular complexity index is 726. The monoisotopic (exact) mass is 355 g/mol. The van der Waals surface area contributed by atoms with E-state index in [4.69, 9.17) is 0 Å². The van der Waals surface area contributed by atoms with E-state index in [0.29, 0.717) is 18.5 Å². The van der Waals surface area contributed by atoms with Crippen molar-refractivity contribution in [3.8, 4) is 5.75 Å². The molecule has 4 nitrogen and oxygen atoms in total. The molecule has 2 fully saturated rings. The van der Waals surface area contributed by atoms with Gasteiger partial charge in [-0.05, 0) is 42.5 Å². The van der Waals surface area contributed by atoms with Gasteiger partial charge >= 0.3 is 6.36 Å². The summed E-state index contributed by atoms with van der Waals surface area (Å²) in [4.78, 5) is 25.3. The van der Waals surface area contributed by atoms with E-state index in [1.165, 1.54) is 12.1 Å². The first-order chi connectivity index (χ1) is 11.4. The van der Waals surface area contributed by atoms with Crippen molar-refractivity contribution in [1.82, 2.24) is 0 Å². The van der Waals surface area contributed by atoms with Crippen LogP contribution in [0.3, 0.4) is 0 Å². The summed E-state index contributed by atoms with van der Waals surface area (Å²) in [6.07, 6.45) is -3.25. The van der Waals surface area contributed by atoms with Gasteiger partial charge in [-0.1, -0.05) is 20.8 Å². The number of carbonyl (C=O) groups is 2. The SMILES string of the molecule is CC1(C)[C@@]2(C(=O)Nc3ccc(OC(F)(F)F)cc3)CC[C@@]1(C)C(=O)C2. The average molecular weight is 355 g/mol. The molecule has 1 aromatic rings. The molecule has 1 aromatic carbocycles. The molecule has 2 atom stereocenters. The number of hydrogen-bond donors (Lipinski definition) is 1. The number of rotatable bonds is 3. The zero-order valence-electron chi connectivity index (χ0n) is 14.3. The third-order valence-corrected chi connectivity index (χ3v) is 6.49. The van der Waals surface area contributed by atoms with Gasteiger partial charge in [0.1, 0.15) is 11.5 Å². The maximum Gasteiger partial charge on any atom is 0.573 e. The first-order valence-electron chi connectivity index (χ1n) is 8.12. The summed E-state index contributed by atoms with van der Waals surface area (Å²) in [6, 6.07) is 5.00. The Balaban J connectivity index is 1.78. The van der Waals surface area contributed by atoms with Crippen LogP contribution in [0.2, 0.25) is 0 Å².